The molecule has 2 rings (SSSR count). The Kier molecular flexibility index (Phi) is 4.89. The smallest absolute Gasteiger partial charge is 0.159 e. The zero-order valence-corrected chi connectivity index (χ0v) is 12.2. The van der Waals surface area contributed by atoms with E-state index in [-0.39, 0.29) is 18.1 Å². The average Bonchev–Trinajstić information content (AvgIpc) is 2.80. The zero-order valence-electron chi connectivity index (χ0n) is 12.2. The molecule has 0 aromatic heterocycles. The summed E-state index contributed by atoms with van der Waals surface area (Å²) in [5, 5.41) is 2.96. The van der Waals surface area contributed by atoms with Crippen LogP contribution in [-0.2, 0) is 0 Å². The van der Waals surface area contributed by atoms with Crippen LogP contribution < -0.4 is 5.32 Å². The molecule has 2 unspecified atom stereocenters. The Balaban J connectivity index is 2.13. The third kappa shape index (κ3) is 3.57. The van der Waals surface area contributed by atoms with Crippen LogP contribution in [-0.4, -0.2) is 12.0 Å². The molecule has 21 heavy (non-hydrogen) atoms. The first-order valence-electron chi connectivity index (χ1n) is 7.13. The molecule has 0 amide bonds. The first-order chi connectivity index (χ1) is 10.0. The minimum atomic E-state index is -1.24. The summed E-state index contributed by atoms with van der Waals surface area (Å²) >= 11 is 0. The first-order valence-corrected chi connectivity index (χ1v) is 7.13. The van der Waals surface area contributed by atoms with Crippen molar-refractivity contribution in [2.24, 2.45) is 4.99 Å². The van der Waals surface area contributed by atoms with Crippen LogP contribution in [0.4, 0.5) is 8.78 Å². The molecule has 0 aliphatic carbocycles. The minimum Gasteiger partial charge on any atom is -0.364 e. The molecular weight excluding hydrogens is 270 g/mol. The van der Waals surface area contributed by atoms with Crippen molar-refractivity contribution in [3.05, 3.63) is 60.1 Å². The highest BCUT2D eigenvalue weighted by atomic mass is 19.1. The highest BCUT2D eigenvalue weighted by Gasteiger charge is 2.32. The lowest BCUT2D eigenvalue weighted by atomic mass is 10.0. The van der Waals surface area contributed by atoms with E-state index in [1.54, 1.807) is 18.2 Å². The van der Waals surface area contributed by atoms with Gasteiger partial charge in [-0.05, 0) is 18.1 Å². The fourth-order valence-corrected chi connectivity index (χ4v) is 2.38. The average molecular weight is 290 g/mol. The van der Waals surface area contributed by atoms with Gasteiger partial charge in [0.2, 0.25) is 0 Å². The van der Waals surface area contributed by atoms with Crippen LogP contribution in [0, 0.1) is 5.82 Å². The molecule has 0 radical (unpaired) electrons. The summed E-state index contributed by atoms with van der Waals surface area (Å²) in [6.07, 6.45) is 0.657. The van der Waals surface area contributed by atoms with Gasteiger partial charge in [0.05, 0.1) is 11.7 Å². The van der Waals surface area contributed by atoms with Gasteiger partial charge in [0.25, 0.3) is 0 Å². The second-order valence-corrected chi connectivity index (χ2v) is 5.22. The standard InChI is InChI=1S/C17H20F2N2/c1-4-7-11(2)12(3)20-17-15(19)10-16(21-17)13-8-5-6-9-14(13)18/h5-6,8-9,15-16H,2-4,7,10H2,1H3,(H,20,21). The number of nitrogens with one attached hydrogen (secondary N) is 1. The summed E-state index contributed by atoms with van der Waals surface area (Å²) in [6.45, 7) is 9.74. The van der Waals surface area contributed by atoms with E-state index in [4.69, 9.17) is 0 Å². The quantitative estimate of drug-likeness (QED) is 0.795. The van der Waals surface area contributed by atoms with E-state index in [2.05, 4.69) is 23.5 Å². The second kappa shape index (κ2) is 6.66. The van der Waals surface area contributed by atoms with Gasteiger partial charge >= 0.3 is 0 Å². The third-order valence-corrected chi connectivity index (χ3v) is 3.56. The topological polar surface area (TPSA) is 24.4 Å². The molecular formula is C17H20F2N2. The number of hydrogen-bond acceptors (Lipinski definition) is 1. The molecule has 1 saturated heterocycles. The van der Waals surface area contributed by atoms with Gasteiger partial charge in [0.1, 0.15) is 11.7 Å². The Morgan fingerprint density at radius 2 is 2.10 bits per heavy atom. The molecule has 112 valence electrons. The van der Waals surface area contributed by atoms with E-state index in [0.717, 1.165) is 18.4 Å². The number of nitrogens with zero attached hydrogens (tertiary/aromatic N) is 1. The Morgan fingerprint density at radius 3 is 2.76 bits per heavy atom. The predicted octanol–water partition coefficient (Wildman–Crippen LogP) is 4.47. The molecule has 1 aliphatic heterocycles. The lowest BCUT2D eigenvalue weighted by Gasteiger charge is -2.11. The molecule has 2 atom stereocenters. The second-order valence-electron chi connectivity index (χ2n) is 5.22. The lowest BCUT2D eigenvalue weighted by molar-refractivity contribution is 0.402. The Morgan fingerprint density at radius 1 is 1.38 bits per heavy atom. The zero-order chi connectivity index (χ0) is 15.4. The number of amidine groups is 1. The van der Waals surface area contributed by atoms with Crippen molar-refractivity contribution in [3.8, 4) is 0 Å². The van der Waals surface area contributed by atoms with E-state index in [9.17, 15) is 8.78 Å². The Bertz CT molecular complexity index is 578. The molecule has 1 fully saturated rings. The van der Waals surface area contributed by atoms with Crippen LogP contribution >= 0.6 is 0 Å². The van der Waals surface area contributed by atoms with Gasteiger partial charge in [-0.2, -0.15) is 0 Å². The monoisotopic (exact) mass is 290 g/mol. The molecule has 1 aromatic rings. The first kappa shape index (κ1) is 15.4. The van der Waals surface area contributed by atoms with Crippen molar-refractivity contribution in [1.29, 1.82) is 0 Å². The summed E-state index contributed by atoms with van der Waals surface area (Å²) in [7, 11) is 0. The van der Waals surface area contributed by atoms with Crippen molar-refractivity contribution in [1.82, 2.24) is 5.32 Å². The van der Waals surface area contributed by atoms with E-state index < -0.39 is 12.2 Å². The SMILES string of the molecule is C=C(CCC)C(=C)/N=C1\NC(c2ccccc2F)CC1F. The van der Waals surface area contributed by atoms with Crippen LogP contribution in [0.25, 0.3) is 0 Å². The minimum absolute atomic E-state index is 0.174. The summed E-state index contributed by atoms with van der Waals surface area (Å²) < 4.78 is 27.8. The molecule has 0 bridgehead atoms. The fraction of sp³-hybridized carbons (Fsp3) is 0.353. The van der Waals surface area contributed by atoms with Gasteiger partial charge in [-0.1, -0.05) is 44.7 Å². The van der Waals surface area contributed by atoms with Gasteiger partial charge in [0, 0.05) is 12.0 Å². The molecule has 2 nitrogen and oxygen atoms in total. The van der Waals surface area contributed by atoms with Gasteiger partial charge in [-0.25, -0.2) is 13.8 Å². The molecule has 1 N–H and O–H groups in total. The van der Waals surface area contributed by atoms with E-state index in [1.165, 1.54) is 6.07 Å². The van der Waals surface area contributed by atoms with Crippen molar-refractivity contribution in [3.63, 3.8) is 0 Å². The van der Waals surface area contributed by atoms with Crippen LogP contribution in [0.15, 0.2) is 53.7 Å². The molecule has 1 aromatic carbocycles. The van der Waals surface area contributed by atoms with Crippen molar-refractivity contribution in [2.45, 2.75) is 38.4 Å². The maximum absolute atomic E-state index is 14.1. The highest BCUT2D eigenvalue weighted by molar-refractivity contribution is 5.90. The largest absolute Gasteiger partial charge is 0.364 e. The highest BCUT2D eigenvalue weighted by Crippen LogP contribution is 2.29. The predicted molar refractivity (Wildman–Crippen MR) is 82.4 cm³/mol. The van der Waals surface area contributed by atoms with Crippen molar-refractivity contribution in [2.75, 3.05) is 0 Å². The fourth-order valence-electron chi connectivity index (χ4n) is 2.38. The number of hydrogen-bond donors (Lipinski definition) is 1. The summed E-state index contributed by atoms with van der Waals surface area (Å²) in [4.78, 5) is 4.20. The number of allylic oxidation sites excluding steroid dienone is 1. The summed E-state index contributed by atoms with van der Waals surface area (Å²) in [6, 6.07) is 6.00. The van der Waals surface area contributed by atoms with Gasteiger partial charge < -0.3 is 5.32 Å². The van der Waals surface area contributed by atoms with Crippen molar-refractivity contribution < 1.29 is 8.78 Å². The molecule has 4 heteroatoms. The number of halogens is 2. The van der Waals surface area contributed by atoms with Gasteiger partial charge in [0.15, 0.2) is 6.17 Å². The van der Waals surface area contributed by atoms with Crippen LogP contribution in [0.1, 0.15) is 37.8 Å². The van der Waals surface area contributed by atoms with E-state index in [1.807, 2.05) is 6.92 Å². The van der Waals surface area contributed by atoms with Gasteiger partial charge in [-0.3, -0.25) is 0 Å². The maximum Gasteiger partial charge on any atom is 0.159 e. The van der Waals surface area contributed by atoms with Crippen LogP contribution in [0.2, 0.25) is 0 Å². The normalized spacial score (nSPS) is 23.1. The van der Waals surface area contributed by atoms with E-state index in [0.29, 0.717) is 11.3 Å². The van der Waals surface area contributed by atoms with Crippen molar-refractivity contribution >= 4 is 5.84 Å². The Hall–Kier alpha value is -1.97. The summed E-state index contributed by atoms with van der Waals surface area (Å²) in [5.74, 6) is -0.122. The lowest BCUT2D eigenvalue weighted by Crippen LogP contribution is -2.23. The number of benzene rings is 1. The number of rotatable bonds is 5. The summed E-state index contributed by atoms with van der Waals surface area (Å²) in [5.41, 5.74) is 1.74. The Labute approximate surface area is 124 Å². The molecule has 1 heterocycles. The maximum atomic E-state index is 14.1. The molecule has 1 aliphatic rings. The van der Waals surface area contributed by atoms with Crippen LogP contribution in [0.5, 0.6) is 0 Å². The third-order valence-electron chi connectivity index (χ3n) is 3.56. The molecule has 0 spiro atoms. The van der Waals surface area contributed by atoms with E-state index >= 15 is 0 Å². The number of aliphatic imine (C=N–C) groups is 1. The van der Waals surface area contributed by atoms with Crippen LogP contribution in [0.3, 0.4) is 0 Å². The number of alkyl halides is 1. The van der Waals surface area contributed by atoms with Gasteiger partial charge in [-0.15, -0.1) is 0 Å². The molecule has 0 saturated carbocycles.